The zero-order chi connectivity index (χ0) is 21.5. The van der Waals surface area contributed by atoms with Crippen LogP contribution in [0.4, 0.5) is 0 Å². The quantitative estimate of drug-likeness (QED) is 0.696. The molecule has 2 aliphatic heterocycles. The van der Waals surface area contributed by atoms with E-state index in [-0.39, 0.29) is 42.0 Å². The van der Waals surface area contributed by atoms with Gasteiger partial charge >= 0.3 is 0 Å². The molecule has 1 fully saturated rings. The molecule has 0 spiro atoms. The molecule has 2 aromatic rings. The van der Waals surface area contributed by atoms with Crippen LogP contribution in [0.3, 0.4) is 0 Å². The van der Waals surface area contributed by atoms with Gasteiger partial charge in [-0.2, -0.15) is 0 Å². The van der Waals surface area contributed by atoms with Gasteiger partial charge in [0.05, 0.1) is 18.1 Å². The minimum atomic E-state index is -0.479. The van der Waals surface area contributed by atoms with Gasteiger partial charge in [0.25, 0.3) is 5.56 Å². The first-order valence-corrected chi connectivity index (χ1v) is 11.2. The smallest absolute Gasteiger partial charge is 0.258 e. The monoisotopic (exact) mass is 419 g/mol. The van der Waals surface area contributed by atoms with E-state index in [0.717, 1.165) is 41.7 Å². The van der Waals surface area contributed by atoms with Gasteiger partial charge in [-0.15, -0.1) is 0 Å². The van der Waals surface area contributed by atoms with Crippen molar-refractivity contribution in [3.63, 3.8) is 0 Å². The Hall–Kier alpha value is -2.70. The number of hydrogen-bond donors (Lipinski definition) is 3. The second-order valence-electron chi connectivity index (χ2n) is 8.98. The van der Waals surface area contributed by atoms with Crippen LogP contribution in [-0.4, -0.2) is 28.2 Å². The second-order valence-corrected chi connectivity index (χ2v) is 8.98. The maximum Gasteiger partial charge on any atom is 0.258 e. The van der Waals surface area contributed by atoms with Crippen molar-refractivity contribution in [3.8, 4) is 0 Å². The number of hydrogen-bond acceptors (Lipinski definition) is 4. The summed E-state index contributed by atoms with van der Waals surface area (Å²) in [5, 5.41) is 16.7. The molecule has 3 aliphatic rings. The number of nitrogens with one attached hydrogen (secondary N) is 2. The SMILES string of the molecule is C[C@H](NC(=O)[C@H]1N[C@H]2c3ccc(C4=CCCC4)c(=O)n3C[C@H]2[C@@H]1CO)c1ccccc1. The van der Waals surface area contributed by atoms with E-state index in [1.807, 2.05) is 54.0 Å². The summed E-state index contributed by atoms with van der Waals surface area (Å²) in [5.74, 6) is -0.318. The molecule has 1 aliphatic carbocycles. The molecular formula is C25H29N3O3. The summed E-state index contributed by atoms with van der Waals surface area (Å²) in [6.07, 6.45) is 5.27. The van der Waals surface area contributed by atoms with E-state index in [4.69, 9.17) is 0 Å². The highest BCUT2D eigenvalue weighted by Gasteiger charge is 2.50. The number of rotatable bonds is 5. The van der Waals surface area contributed by atoms with E-state index in [1.165, 1.54) is 0 Å². The van der Waals surface area contributed by atoms with E-state index >= 15 is 0 Å². The van der Waals surface area contributed by atoms with Crippen LogP contribution < -0.4 is 16.2 Å². The molecule has 1 amide bonds. The molecule has 6 nitrogen and oxygen atoms in total. The van der Waals surface area contributed by atoms with Gasteiger partial charge in [-0.25, -0.2) is 0 Å². The summed E-state index contributed by atoms with van der Waals surface area (Å²) in [5.41, 5.74) is 3.96. The van der Waals surface area contributed by atoms with Gasteiger partial charge < -0.3 is 15.0 Å². The number of amides is 1. The maximum absolute atomic E-state index is 13.1. The standard InChI is InChI=1S/C25H29N3O3/c1-15(16-7-3-2-4-8-16)26-24(30)23-20(14-29)19-13-28-21(22(19)27-23)12-11-18(25(28)31)17-9-5-6-10-17/h2-4,7-9,11-12,15,19-20,22-23,27,29H,5-6,10,13-14H2,1H3,(H,26,30)/t15-,19-,20-,22+,23-/m0/s1. The van der Waals surface area contributed by atoms with Crippen LogP contribution >= 0.6 is 0 Å². The number of aliphatic hydroxyl groups excluding tert-OH is 1. The average Bonchev–Trinajstić information content (AvgIpc) is 3.50. The van der Waals surface area contributed by atoms with Gasteiger partial charge in [-0.3, -0.25) is 14.9 Å². The Morgan fingerprint density at radius 3 is 2.77 bits per heavy atom. The number of aromatic nitrogens is 1. The number of nitrogens with zero attached hydrogens (tertiary/aromatic N) is 1. The Morgan fingerprint density at radius 2 is 2.06 bits per heavy atom. The van der Waals surface area contributed by atoms with Crippen molar-refractivity contribution in [1.29, 1.82) is 0 Å². The van der Waals surface area contributed by atoms with Crippen molar-refractivity contribution in [2.75, 3.05) is 6.61 Å². The van der Waals surface area contributed by atoms with E-state index in [9.17, 15) is 14.7 Å². The number of pyridine rings is 1. The van der Waals surface area contributed by atoms with Crippen LogP contribution in [0.1, 0.15) is 55.1 Å². The molecule has 162 valence electrons. The van der Waals surface area contributed by atoms with Crippen LogP contribution in [0, 0.1) is 11.8 Å². The van der Waals surface area contributed by atoms with Gasteiger partial charge in [0, 0.05) is 36.2 Å². The molecule has 0 radical (unpaired) electrons. The number of benzene rings is 1. The lowest BCUT2D eigenvalue weighted by Gasteiger charge is -2.23. The molecule has 1 aromatic carbocycles. The normalized spacial score (nSPS) is 27.5. The molecule has 0 unspecified atom stereocenters. The Labute approximate surface area is 182 Å². The van der Waals surface area contributed by atoms with E-state index in [2.05, 4.69) is 16.7 Å². The lowest BCUT2D eigenvalue weighted by Crippen LogP contribution is -2.46. The molecule has 1 aromatic heterocycles. The zero-order valence-corrected chi connectivity index (χ0v) is 17.8. The average molecular weight is 420 g/mol. The summed E-state index contributed by atoms with van der Waals surface area (Å²) in [6.45, 7) is 2.41. The lowest BCUT2D eigenvalue weighted by atomic mass is 9.88. The summed E-state index contributed by atoms with van der Waals surface area (Å²) in [4.78, 5) is 26.2. The Morgan fingerprint density at radius 1 is 1.26 bits per heavy atom. The zero-order valence-electron chi connectivity index (χ0n) is 17.8. The van der Waals surface area contributed by atoms with Crippen LogP contribution in [0.15, 0.2) is 53.3 Å². The van der Waals surface area contributed by atoms with Crippen LogP contribution in [0.5, 0.6) is 0 Å². The molecule has 3 N–H and O–H groups in total. The van der Waals surface area contributed by atoms with Gasteiger partial charge in [-0.1, -0.05) is 36.4 Å². The summed E-state index contributed by atoms with van der Waals surface area (Å²) < 4.78 is 1.85. The molecule has 5 atom stereocenters. The number of allylic oxidation sites excluding steroid dienone is 2. The van der Waals surface area contributed by atoms with Crippen molar-refractivity contribution in [3.05, 3.63) is 75.7 Å². The summed E-state index contributed by atoms with van der Waals surface area (Å²) in [7, 11) is 0. The highest BCUT2D eigenvalue weighted by molar-refractivity contribution is 5.83. The Balaban J connectivity index is 1.37. The van der Waals surface area contributed by atoms with Crippen molar-refractivity contribution in [2.24, 2.45) is 11.8 Å². The molecular weight excluding hydrogens is 390 g/mol. The maximum atomic E-state index is 13.1. The first kappa shape index (κ1) is 20.2. The number of fused-ring (bicyclic) bond motifs is 3. The van der Waals surface area contributed by atoms with Crippen LogP contribution in [0.2, 0.25) is 0 Å². The molecule has 1 saturated heterocycles. The molecule has 31 heavy (non-hydrogen) atoms. The number of carbonyl (C=O) groups is 1. The highest BCUT2D eigenvalue weighted by atomic mass is 16.3. The van der Waals surface area contributed by atoms with Crippen LogP contribution in [0.25, 0.3) is 5.57 Å². The minimum absolute atomic E-state index is 0.0216. The second kappa shape index (κ2) is 8.09. The van der Waals surface area contributed by atoms with Crippen molar-refractivity contribution < 1.29 is 9.90 Å². The molecule has 0 bridgehead atoms. The predicted octanol–water partition coefficient (Wildman–Crippen LogP) is 2.54. The van der Waals surface area contributed by atoms with Gasteiger partial charge in [-0.05, 0) is 49.5 Å². The number of carbonyl (C=O) groups excluding carboxylic acids is 1. The highest BCUT2D eigenvalue weighted by Crippen LogP contribution is 2.43. The molecule has 6 heteroatoms. The van der Waals surface area contributed by atoms with Crippen molar-refractivity contribution >= 4 is 11.5 Å². The fourth-order valence-electron chi connectivity index (χ4n) is 5.54. The molecule has 3 heterocycles. The number of aliphatic hydroxyl groups is 1. The fourth-order valence-corrected chi connectivity index (χ4v) is 5.54. The molecule has 0 saturated carbocycles. The van der Waals surface area contributed by atoms with Crippen molar-refractivity contribution in [2.45, 2.75) is 50.9 Å². The lowest BCUT2D eigenvalue weighted by molar-refractivity contribution is -0.125. The first-order chi connectivity index (χ1) is 15.1. The third-order valence-corrected chi connectivity index (χ3v) is 7.22. The largest absolute Gasteiger partial charge is 0.396 e. The third kappa shape index (κ3) is 3.44. The van der Waals surface area contributed by atoms with E-state index in [0.29, 0.717) is 6.54 Å². The van der Waals surface area contributed by atoms with E-state index in [1.54, 1.807) is 0 Å². The van der Waals surface area contributed by atoms with Gasteiger partial charge in [0.2, 0.25) is 5.91 Å². The summed E-state index contributed by atoms with van der Waals surface area (Å²) in [6, 6.07) is 13.1. The third-order valence-electron chi connectivity index (χ3n) is 7.22. The topological polar surface area (TPSA) is 83.4 Å². The predicted molar refractivity (Wildman–Crippen MR) is 119 cm³/mol. The molecule has 5 rings (SSSR count). The summed E-state index contributed by atoms with van der Waals surface area (Å²) >= 11 is 0. The Bertz CT molecular complexity index is 1080. The van der Waals surface area contributed by atoms with Crippen LogP contribution in [-0.2, 0) is 11.3 Å². The van der Waals surface area contributed by atoms with E-state index < -0.39 is 6.04 Å². The fraction of sp³-hybridized carbons (Fsp3) is 0.440. The van der Waals surface area contributed by atoms with Gasteiger partial charge in [0.1, 0.15) is 0 Å². The first-order valence-electron chi connectivity index (χ1n) is 11.2. The Kier molecular flexibility index (Phi) is 5.28. The van der Waals surface area contributed by atoms with Gasteiger partial charge in [0.15, 0.2) is 0 Å². The minimum Gasteiger partial charge on any atom is -0.396 e. The van der Waals surface area contributed by atoms with Crippen molar-refractivity contribution in [1.82, 2.24) is 15.2 Å².